The molecule has 0 radical (unpaired) electrons. The van der Waals surface area contributed by atoms with Gasteiger partial charge in [-0.25, -0.2) is 4.39 Å². The summed E-state index contributed by atoms with van der Waals surface area (Å²) in [6, 6.07) is 14.3. The molecule has 130 valence electrons. The summed E-state index contributed by atoms with van der Waals surface area (Å²) in [5.74, 6) is -1.05. The molecule has 1 amide bonds. The van der Waals surface area contributed by atoms with Crippen LogP contribution in [0.15, 0.2) is 54.6 Å². The van der Waals surface area contributed by atoms with Gasteiger partial charge in [0.15, 0.2) is 0 Å². The molecule has 1 saturated heterocycles. The van der Waals surface area contributed by atoms with Crippen LogP contribution in [0, 0.1) is 5.82 Å². The molecule has 2 atom stereocenters. The number of ether oxygens (including phenoxy) is 1. The Labute approximate surface area is 145 Å². The SMILES string of the molecule is O=C(Cc1ccccc1)OC1CNCC1NC(=O)c1ccc(F)cc1. The highest BCUT2D eigenvalue weighted by Crippen LogP contribution is 2.10. The molecule has 2 unspecified atom stereocenters. The third kappa shape index (κ3) is 4.64. The lowest BCUT2D eigenvalue weighted by molar-refractivity contribution is -0.148. The minimum Gasteiger partial charge on any atom is -0.459 e. The van der Waals surface area contributed by atoms with Gasteiger partial charge < -0.3 is 15.4 Å². The number of rotatable bonds is 5. The summed E-state index contributed by atoms with van der Waals surface area (Å²) in [4.78, 5) is 24.3. The van der Waals surface area contributed by atoms with Gasteiger partial charge in [0.2, 0.25) is 0 Å². The van der Waals surface area contributed by atoms with Crippen LogP contribution >= 0.6 is 0 Å². The zero-order valence-corrected chi connectivity index (χ0v) is 13.6. The number of hydrogen-bond acceptors (Lipinski definition) is 4. The number of hydrogen-bond donors (Lipinski definition) is 2. The fourth-order valence-electron chi connectivity index (χ4n) is 2.75. The third-order valence-electron chi connectivity index (χ3n) is 4.06. The molecule has 1 aliphatic rings. The maximum absolute atomic E-state index is 12.9. The minimum absolute atomic E-state index is 0.190. The number of carbonyl (C=O) groups is 2. The molecule has 0 aromatic heterocycles. The smallest absolute Gasteiger partial charge is 0.310 e. The van der Waals surface area contributed by atoms with Gasteiger partial charge in [-0.2, -0.15) is 0 Å². The van der Waals surface area contributed by atoms with E-state index in [1.165, 1.54) is 24.3 Å². The molecule has 0 aliphatic carbocycles. The number of nitrogens with one attached hydrogen (secondary N) is 2. The van der Waals surface area contributed by atoms with Crippen molar-refractivity contribution in [2.45, 2.75) is 18.6 Å². The number of benzene rings is 2. The van der Waals surface area contributed by atoms with Crippen LogP contribution in [0.3, 0.4) is 0 Å². The van der Waals surface area contributed by atoms with Crippen molar-refractivity contribution in [3.8, 4) is 0 Å². The van der Waals surface area contributed by atoms with Crippen LogP contribution in [0.4, 0.5) is 4.39 Å². The monoisotopic (exact) mass is 342 g/mol. The van der Waals surface area contributed by atoms with Crippen molar-refractivity contribution in [2.24, 2.45) is 0 Å². The predicted octanol–water partition coefficient (Wildman–Crippen LogP) is 1.68. The van der Waals surface area contributed by atoms with Crippen LogP contribution in [0.1, 0.15) is 15.9 Å². The summed E-state index contributed by atoms with van der Waals surface area (Å²) in [5, 5.41) is 5.94. The molecular formula is C19H19FN2O3. The molecule has 1 heterocycles. The van der Waals surface area contributed by atoms with Gasteiger partial charge >= 0.3 is 5.97 Å². The average molecular weight is 342 g/mol. The minimum atomic E-state index is -0.430. The summed E-state index contributed by atoms with van der Waals surface area (Å²) in [5.41, 5.74) is 1.24. The van der Waals surface area contributed by atoms with Crippen LogP contribution in [0.2, 0.25) is 0 Å². The topological polar surface area (TPSA) is 67.4 Å². The number of carbonyl (C=O) groups excluding carboxylic acids is 2. The summed E-state index contributed by atoms with van der Waals surface area (Å²) in [6.45, 7) is 0.991. The molecule has 0 bridgehead atoms. The van der Waals surface area contributed by atoms with E-state index in [4.69, 9.17) is 4.74 Å². The van der Waals surface area contributed by atoms with Gasteiger partial charge in [-0.05, 0) is 29.8 Å². The zero-order chi connectivity index (χ0) is 17.6. The summed E-state index contributed by atoms with van der Waals surface area (Å²) >= 11 is 0. The average Bonchev–Trinajstić information content (AvgIpc) is 3.03. The van der Waals surface area contributed by atoms with E-state index in [0.29, 0.717) is 18.7 Å². The summed E-state index contributed by atoms with van der Waals surface area (Å²) in [6.07, 6.45) is -0.240. The molecular weight excluding hydrogens is 323 g/mol. The van der Waals surface area contributed by atoms with E-state index in [-0.39, 0.29) is 24.3 Å². The van der Waals surface area contributed by atoms with Crippen LogP contribution in [0.5, 0.6) is 0 Å². The fraction of sp³-hybridized carbons (Fsp3) is 0.263. The normalized spacial score (nSPS) is 19.4. The van der Waals surface area contributed by atoms with Crippen LogP contribution in [-0.4, -0.2) is 37.1 Å². The van der Waals surface area contributed by atoms with E-state index in [1.807, 2.05) is 30.3 Å². The van der Waals surface area contributed by atoms with E-state index in [1.54, 1.807) is 0 Å². The molecule has 2 aromatic carbocycles. The standard InChI is InChI=1S/C19H19FN2O3/c20-15-8-6-14(7-9-15)19(24)22-16-11-21-12-17(16)25-18(23)10-13-4-2-1-3-5-13/h1-9,16-17,21H,10-12H2,(H,22,24). The van der Waals surface area contributed by atoms with Crippen molar-refractivity contribution < 1.29 is 18.7 Å². The van der Waals surface area contributed by atoms with Crippen molar-refractivity contribution in [3.63, 3.8) is 0 Å². The van der Waals surface area contributed by atoms with Crippen molar-refractivity contribution >= 4 is 11.9 Å². The lowest BCUT2D eigenvalue weighted by Crippen LogP contribution is -2.44. The van der Waals surface area contributed by atoms with E-state index in [9.17, 15) is 14.0 Å². The van der Waals surface area contributed by atoms with Crippen LogP contribution in [0.25, 0.3) is 0 Å². The highest BCUT2D eigenvalue weighted by molar-refractivity contribution is 5.94. The first-order chi connectivity index (χ1) is 12.1. The Morgan fingerprint density at radius 3 is 2.52 bits per heavy atom. The molecule has 0 saturated carbocycles. The van der Waals surface area contributed by atoms with Gasteiger partial charge in [0.25, 0.3) is 5.91 Å². The molecule has 1 aliphatic heterocycles. The third-order valence-corrected chi connectivity index (χ3v) is 4.06. The van der Waals surface area contributed by atoms with Crippen molar-refractivity contribution in [3.05, 3.63) is 71.5 Å². The maximum Gasteiger partial charge on any atom is 0.310 e. The van der Waals surface area contributed by atoms with Gasteiger partial charge in [0, 0.05) is 18.7 Å². The molecule has 2 aromatic rings. The highest BCUT2D eigenvalue weighted by atomic mass is 19.1. The predicted molar refractivity (Wildman–Crippen MR) is 90.5 cm³/mol. The zero-order valence-electron chi connectivity index (χ0n) is 13.6. The number of esters is 1. The van der Waals surface area contributed by atoms with Crippen molar-refractivity contribution in [1.82, 2.24) is 10.6 Å². The molecule has 1 fully saturated rings. The Morgan fingerprint density at radius 1 is 1.08 bits per heavy atom. The Balaban J connectivity index is 1.56. The Hall–Kier alpha value is -2.73. The van der Waals surface area contributed by atoms with E-state index in [2.05, 4.69) is 10.6 Å². The second kappa shape index (κ2) is 7.90. The highest BCUT2D eigenvalue weighted by Gasteiger charge is 2.31. The van der Waals surface area contributed by atoms with Crippen LogP contribution in [-0.2, 0) is 16.0 Å². The maximum atomic E-state index is 12.9. The van der Waals surface area contributed by atoms with Gasteiger partial charge in [-0.3, -0.25) is 9.59 Å². The van der Waals surface area contributed by atoms with Gasteiger partial charge in [-0.1, -0.05) is 30.3 Å². The first-order valence-corrected chi connectivity index (χ1v) is 8.12. The summed E-state index contributed by atoms with van der Waals surface area (Å²) < 4.78 is 18.4. The molecule has 5 nitrogen and oxygen atoms in total. The number of halogens is 1. The second-order valence-electron chi connectivity index (χ2n) is 5.94. The Kier molecular flexibility index (Phi) is 5.40. The second-order valence-corrected chi connectivity index (χ2v) is 5.94. The van der Waals surface area contributed by atoms with Gasteiger partial charge in [-0.15, -0.1) is 0 Å². The van der Waals surface area contributed by atoms with Gasteiger partial charge in [0.1, 0.15) is 11.9 Å². The number of amides is 1. The van der Waals surface area contributed by atoms with E-state index >= 15 is 0 Å². The van der Waals surface area contributed by atoms with Crippen LogP contribution < -0.4 is 10.6 Å². The lowest BCUT2D eigenvalue weighted by atomic mass is 10.1. The Bertz CT molecular complexity index is 734. The molecule has 3 rings (SSSR count). The molecule has 6 heteroatoms. The molecule has 2 N–H and O–H groups in total. The first kappa shape index (κ1) is 17.1. The molecule has 25 heavy (non-hydrogen) atoms. The fourth-order valence-corrected chi connectivity index (χ4v) is 2.75. The van der Waals surface area contributed by atoms with Crippen molar-refractivity contribution in [1.29, 1.82) is 0 Å². The van der Waals surface area contributed by atoms with Gasteiger partial charge in [0.05, 0.1) is 12.5 Å². The van der Waals surface area contributed by atoms with E-state index in [0.717, 1.165) is 5.56 Å². The first-order valence-electron chi connectivity index (χ1n) is 8.12. The lowest BCUT2D eigenvalue weighted by Gasteiger charge is -2.20. The quantitative estimate of drug-likeness (QED) is 0.812. The summed E-state index contributed by atoms with van der Waals surface area (Å²) in [7, 11) is 0. The largest absolute Gasteiger partial charge is 0.459 e. The molecule has 0 spiro atoms. The van der Waals surface area contributed by atoms with Crippen molar-refractivity contribution in [2.75, 3.05) is 13.1 Å². The van der Waals surface area contributed by atoms with E-state index < -0.39 is 11.9 Å². The Morgan fingerprint density at radius 2 is 1.80 bits per heavy atom.